The zero-order valence-electron chi connectivity index (χ0n) is 10.5. The summed E-state index contributed by atoms with van der Waals surface area (Å²) < 4.78 is 115. The predicted octanol–water partition coefficient (Wildman–Crippen LogP) is 2.61. The fourth-order valence-corrected chi connectivity index (χ4v) is 0.903. The quantitative estimate of drug-likeness (QED) is 0.599. The van der Waals surface area contributed by atoms with Crippen molar-refractivity contribution in [3.63, 3.8) is 0 Å². The second kappa shape index (κ2) is 5.89. The van der Waals surface area contributed by atoms with Crippen molar-refractivity contribution in [1.82, 2.24) is 5.32 Å². The van der Waals surface area contributed by atoms with Crippen LogP contribution in [0.1, 0.15) is 6.92 Å². The lowest BCUT2D eigenvalue weighted by Gasteiger charge is -2.33. The van der Waals surface area contributed by atoms with Gasteiger partial charge in [0.05, 0.1) is 0 Å². The molecule has 12 heteroatoms. The largest absolute Gasteiger partial charge is 0.460 e. The minimum atomic E-state index is -7.00. The van der Waals surface area contributed by atoms with Crippen molar-refractivity contribution in [3.05, 3.63) is 0 Å². The molecule has 1 N–H and O–H groups in total. The molecule has 0 bridgehead atoms. The van der Waals surface area contributed by atoms with Gasteiger partial charge in [0.15, 0.2) is 6.61 Å². The van der Waals surface area contributed by atoms with E-state index >= 15 is 0 Å². The maximum atomic E-state index is 12.9. The SMILES string of the molecule is CNC(C)C(=O)OCC(F)(F)C(F)(F)C(F)(F)C(F)(F)F. The van der Waals surface area contributed by atoms with Gasteiger partial charge in [-0.25, -0.2) is 0 Å². The number of halogens is 9. The highest BCUT2D eigenvalue weighted by Crippen LogP contribution is 2.53. The first kappa shape index (κ1) is 19.8. The second-order valence-corrected chi connectivity index (χ2v) is 3.97. The molecule has 3 nitrogen and oxygen atoms in total. The number of nitrogens with one attached hydrogen (secondary N) is 1. The van der Waals surface area contributed by atoms with E-state index in [0.29, 0.717) is 0 Å². The third kappa shape index (κ3) is 3.71. The van der Waals surface area contributed by atoms with Gasteiger partial charge in [-0.1, -0.05) is 0 Å². The summed E-state index contributed by atoms with van der Waals surface area (Å²) in [6.45, 7) is -1.57. The van der Waals surface area contributed by atoms with Crippen LogP contribution in [0.4, 0.5) is 39.5 Å². The Hall–Kier alpha value is -1.20. The molecule has 0 amide bonds. The van der Waals surface area contributed by atoms with Crippen molar-refractivity contribution < 1.29 is 49.0 Å². The number of hydrogen-bond acceptors (Lipinski definition) is 3. The first-order valence-corrected chi connectivity index (χ1v) is 5.16. The van der Waals surface area contributed by atoms with E-state index in [-0.39, 0.29) is 0 Å². The summed E-state index contributed by atoms with van der Waals surface area (Å²) in [7, 11) is 1.16. The lowest BCUT2D eigenvalue weighted by Crippen LogP contribution is -2.62. The molecule has 0 rings (SSSR count). The van der Waals surface area contributed by atoms with Crippen molar-refractivity contribution in [1.29, 1.82) is 0 Å². The number of carbonyl (C=O) groups is 1. The first-order valence-electron chi connectivity index (χ1n) is 5.16. The highest BCUT2D eigenvalue weighted by atomic mass is 19.4. The molecule has 0 spiro atoms. The lowest BCUT2D eigenvalue weighted by molar-refractivity contribution is -0.398. The van der Waals surface area contributed by atoms with Crippen LogP contribution in [0.15, 0.2) is 0 Å². The summed E-state index contributed by atoms with van der Waals surface area (Å²) in [6.07, 6.45) is -6.90. The van der Waals surface area contributed by atoms with Gasteiger partial charge < -0.3 is 10.1 Å². The van der Waals surface area contributed by atoms with E-state index in [1.165, 1.54) is 0 Å². The monoisotopic (exact) mass is 335 g/mol. The topological polar surface area (TPSA) is 38.3 Å². The summed E-state index contributed by atoms with van der Waals surface area (Å²) in [6, 6.07) is -1.25. The Morgan fingerprint density at radius 1 is 1.00 bits per heavy atom. The summed E-state index contributed by atoms with van der Waals surface area (Å²) >= 11 is 0. The molecule has 0 aliphatic rings. The third-order valence-corrected chi connectivity index (χ3v) is 2.39. The standard InChI is InChI=1S/C9H10F9NO2/c1-4(19-2)5(20)21-3-6(10,11)7(12,13)8(14,15)9(16,17)18/h4,19H,3H2,1-2H3. The van der Waals surface area contributed by atoms with Crippen LogP contribution in [0, 0.1) is 0 Å². The van der Waals surface area contributed by atoms with Gasteiger partial charge in [-0.05, 0) is 14.0 Å². The molecule has 1 unspecified atom stereocenters. The number of ether oxygens (including phenoxy) is 1. The molecule has 1 atom stereocenters. The predicted molar refractivity (Wildman–Crippen MR) is 50.4 cm³/mol. The van der Waals surface area contributed by atoms with Gasteiger partial charge in [0.25, 0.3) is 0 Å². The molecule has 21 heavy (non-hydrogen) atoms. The minimum Gasteiger partial charge on any atom is -0.458 e. The van der Waals surface area contributed by atoms with E-state index < -0.39 is 42.6 Å². The van der Waals surface area contributed by atoms with E-state index in [1.54, 1.807) is 0 Å². The van der Waals surface area contributed by atoms with Crippen LogP contribution in [-0.4, -0.2) is 49.6 Å². The maximum absolute atomic E-state index is 12.9. The van der Waals surface area contributed by atoms with Crippen LogP contribution in [0.2, 0.25) is 0 Å². The zero-order valence-corrected chi connectivity index (χ0v) is 10.5. The number of alkyl halides is 9. The Morgan fingerprint density at radius 2 is 1.43 bits per heavy atom. The van der Waals surface area contributed by atoms with Crippen LogP contribution in [-0.2, 0) is 9.53 Å². The fraction of sp³-hybridized carbons (Fsp3) is 0.889. The lowest BCUT2D eigenvalue weighted by atomic mass is 10.0. The molecule has 0 saturated heterocycles. The number of hydrogen-bond donors (Lipinski definition) is 1. The van der Waals surface area contributed by atoms with Gasteiger partial charge in [0, 0.05) is 0 Å². The summed E-state index contributed by atoms with van der Waals surface area (Å²) in [4.78, 5) is 10.9. The molecule has 0 aromatic heterocycles. The molecule has 0 aliphatic heterocycles. The Balaban J connectivity index is 5.18. The van der Waals surface area contributed by atoms with Gasteiger partial charge in [0.1, 0.15) is 6.04 Å². The molecule has 0 aliphatic carbocycles. The highest BCUT2D eigenvalue weighted by Gasteiger charge is 2.81. The molecule has 0 saturated carbocycles. The molecule has 0 heterocycles. The minimum absolute atomic E-state index is 1.06. The second-order valence-electron chi connectivity index (χ2n) is 3.97. The highest BCUT2D eigenvalue weighted by molar-refractivity contribution is 5.75. The average molecular weight is 335 g/mol. The number of rotatable bonds is 6. The molecule has 126 valence electrons. The maximum Gasteiger partial charge on any atom is 0.460 e. The number of likely N-dealkylation sites (N-methyl/N-ethyl adjacent to an activating group) is 1. The van der Waals surface area contributed by atoms with Crippen LogP contribution in [0.25, 0.3) is 0 Å². The summed E-state index contributed by atoms with van der Waals surface area (Å²) in [5.74, 6) is -21.2. The fourth-order valence-electron chi connectivity index (χ4n) is 0.903. The molecule has 0 aromatic carbocycles. The zero-order chi connectivity index (χ0) is 17.3. The van der Waals surface area contributed by atoms with Gasteiger partial charge in [0.2, 0.25) is 0 Å². The normalized spacial score (nSPS) is 15.8. The molecular formula is C9H10F9NO2. The van der Waals surface area contributed by atoms with Crippen LogP contribution < -0.4 is 5.32 Å². The molecular weight excluding hydrogens is 325 g/mol. The van der Waals surface area contributed by atoms with Crippen molar-refractivity contribution in [2.45, 2.75) is 36.9 Å². The summed E-state index contributed by atoms with van der Waals surface area (Å²) in [5, 5.41) is 2.16. The van der Waals surface area contributed by atoms with E-state index in [9.17, 15) is 44.3 Å². The van der Waals surface area contributed by atoms with E-state index in [4.69, 9.17) is 0 Å². The Kier molecular flexibility index (Phi) is 5.55. The molecule has 0 aromatic rings. The molecule has 0 fully saturated rings. The smallest absolute Gasteiger partial charge is 0.458 e. The van der Waals surface area contributed by atoms with Crippen LogP contribution in [0.5, 0.6) is 0 Å². The van der Waals surface area contributed by atoms with E-state index in [1.807, 2.05) is 0 Å². The van der Waals surface area contributed by atoms with E-state index in [0.717, 1.165) is 14.0 Å². The van der Waals surface area contributed by atoms with Crippen LogP contribution in [0.3, 0.4) is 0 Å². The van der Waals surface area contributed by atoms with Crippen molar-refractivity contribution in [2.24, 2.45) is 0 Å². The van der Waals surface area contributed by atoms with Crippen molar-refractivity contribution in [3.8, 4) is 0 Å². The van der Waals surface area contributed by atoms with Gasteiger partial charge in [-0.15, -0.1) is 0 Å². The van der Waals surface area contributed by atoms with Crippen molar-refractivity contribution >= 4 is 5.97 Å². The van der Waals surface area contributed by atoms with Gasteiger partial charge in [-0.3, -0.25) is 4.79 Å². The van der Waals surface area contributed by atoms with Crippen LogP contribution >= 0.6 is 0 Å². The summed E-state index contributed by atoms with van der Waals surface area (Å²) in [5.41, 5.74) is 0. The Bertz CT molecular complexity index is 380. The average Bonchev–Trinajstić information content (AvgIpc) is 2.33. The van der Waals surface area contributed by atoms with Gasteiger partial charge in [-0.2, -0.15) is 39.5 Å². The molecule has 0 radical (unpaired) electrons. The third-order valence-electron chi connectivity index (χ3n) is 2.39. The number of carbonyl (C=O) groups excluding carboxylic acids is 1. The van der Waals surface area contributed by atoms with E-state index in [2.05, 4.69) is 10.1 Å². The first-order chi connectivity index (χ1) is 9.12. The van der Waals surface area contributed by atoms with Gasteiger partial charge >= 0.3 is 29.9 Å². The van der Waals surface area contributed by atoms with Crippen molar-refractivity contribution in [2.75, 3.05) is 13.7 Å². The Labute approximate surface area is 112 Å². The number of esters is 1. The Morgan fingerprint density at radius 3 is 1.76 bits per heavy atom.